The van der Waals surface area contributed by atoms with Gasteiger partial charge in [-0.2, -0.15) is 0 Å². The largest absolute Gasteiger partial charge is 0.339 e. The standard InChI is InChI=1S/C27H24N4O3/c1-18-28-23-10-4-3-9-22(23)27(34)31(18)20-14-12-19(13-15-20)25(32)29-24-11-5-2-8-21(24)26(33)30-16-6-7-17-30/h2-5,8-15H,6-7,16-17H2,1H3,(H,29,32). The van der Waals surface area contributed by atoms with Crippen LogP contribution in [-0.2, 0) is 0 Å². The Bertz CT molecular complexity index is 1450. The molecule has 2 heterocycles. The van der Waals surface area contributed by atoms with Gasteiger partial charge < -0.3 is 10.2 Å². The van der Waals surface area contributed by atoms with Crippen LogP contribution in [0.2, 0.25) is 0 Å². The molecule has 1 fully saturated rings. The second-order valence-electron chi connectivity index (χ2n) is 8.36. The number of carbonyl (C=O) groups excluding carboxylic acids is 2. The molecule has 1 aliphatic heterocycles. The molecule has 0 bridgehead atoms. The molecule has 4 aromatic rings. The molecule has 0 unspecified atom stereocenters. The van der Waals surface area contributed by atoms with Gasteiger partial charge >= 0.3 is 0 Å². The molecule has 2 amide bonds. The maximum atomic E-state index is 13.0. The minimum atomic E-state index is -0.325. The summed E-state index contributed by atoms with van der Waals surface area (Å²) in [5.74, 6) is 0.173. The summed E-state index contributed by atoms with van der Waals surface area (Å²) in [6, 6.07) is 21.1. The van der Waals surface area contributed by atoms with E-state index in [0.29, 0.717) is 39.2 Å². The minimum Gasteiger partial charge on any atom is -0.339 e. The molecular formula is C27H24N4O3. The fraction of sp³-hybridized carbons (Fsp3) is 0.185. The van der Waals surface area contributed by atoms with E-state index in [9.17, 15) is 14.4 Å². The summed E-state index contributed by atoms with van der Waals surface area (Å²) in [6.45, 7) is 3.26. The van der Waals surface area contributed by atoms with E-state index in [1.165, 1.54) is 4.57 Å². The Labute approximate surface area is 196 Å². The first kappa shape index (κ1) is 21.6. The van der Waals surface area contributed by atoms with Crippen molar-refractivity contribution in [2.24, 2.45) is 0 Å². The van der Waals surface area contributed by atoms with E-state index in [4.69, 9.17) is 0 Å². The van der Waals surface area contributed by atoms with Gasteiger partial charge in [0.15, 0.2) is 0 Å². The number of fused-ring (bicyclic) bond motifs is 1. The molecule has 34 heavy (non-hydrogen) atoms. The first-order valence-electron chi connectivity index (χ1n) is 11.3. The van der Waals surface area contributed by atoms with Crippen LogP contribution < -0.4 is 10.9 Å². The fourth-order valence-electron chi connectivity index (χ4n) is 4.37. The summed E-state index contributed by atoms with van der Waals surface area (Å²) in [6.07, 6.45) is 2.00. The molecular weight excluding hydrogens is 428 g/mol. The minimum absolute atomic E-state index is 0.0672. The number of hydrogen-bond acceptors (Lipinski definition) is 4. The third-order valence-electron chi connectivity index (χ3n) is 6.13. The van der Waals surface area contributed by atoms with E-state index in [0.717, 1.165) is 25.9 Å². The predicted octanol–water partition coefficient (Wildman–Crippen LogP) is 4.18. The molecule has 1 N–H and O–H groups in total. The van der Waals surface area contributed by atoms with Crippen LogP contribution in [0.1, 0.15) is 39.4 Å². The SMILES string of the molecule is Cc1nc2ccccc2c(=O)n1-c1ccc(C(=O)Nc2ccccc2C(=O)N2CCCC2)cc1. The van der Waals surface area contributed by atoms with E-state index in [2.05, 4.69) is 10.3 Å². The normalized spacial score (nSPS) is 13.3. The van der Waals surface area contributed by atoms with Crippen molar-refractivity contribution in [2.45, 2.75) is 19.8 Å². The Balaban J connectivity index is 1.40. The number of likely N-dealkylation sites (tertiary alicyclic amines) is 1. The third-order valence-corrected chi connectivity index (χ3v) is 6.13. The van der Waals surface area contributed by atoms with Gasteiger partial charge in [-0.15, -0.1) is 0 Å². The van der Waals surface area contributed by atoms with Crippen LogP contribution in [-0.4, -0.2) is 39.4 Å². The maximum Gasteiger partial charge on any atom is 0.265 e. The van der Waals surface area contributed by atoms with Crippen molar-refractivity contribution in [3.63, 3.8) is 0 Å². The lowest BCUT2D eigenvalue weighted by atomic mass is 10.1. The van der Waals surface area contributed by atoms with Crippen molar-refractivity contribution in [3.05, 3.63) is 100 Å². The van der Waals surface area contributed by atoms with Gasteiger partial charge in [-0.1, -0.05) is 24.3 Å². The van der Waals surface area contributed by atoms with E-state index in [1.807, 2.05) is 23.1 Å². The number of rotatable bonds is 4. The van der Waals surface area contributed by atoms with Gasteiger partial charge in [0.1, 0.15) is 5.82 Å². The first-order chi connectivity index (χ1) is 16.5. The van der Waals surface area contributed by atoms with Crippen molar-refractivity contribution in [3.8, 4) is 5.69 Å². The Morgan fingerprint density at radius 3 is 2.32 bits per heavy atom. The van der Waals surface area contributed by atoms with Crippen LogP contribution in [0.15, 0.2) is 77.6 Å². The number of anilines is 1. The lowest BCUT2D eigenvalue weighted by Gasteiger charge is -2.18. The van der Waals surface area contributed by atoms with Crippen LogP contribution in [0.4, 0.5) is 5.69 Å². The van der Waals surface area contributed by atoms with E-state index >= 15 is 0 Å². The van der Waals surface area contributed by atoms with Crippen molar-refractivity contribution >= 4 is 28.4 Å². The third kappa shape index (κ3) is 3.96. The lowest BCUT2D eigenvalue weighted by Crippen LogP contribution is -2.28. The highest BCUT2D eigenvalue weighted by Gasteiger charge is 2.22. The van der Waals surface area contributed by atoms with Gasteiger partial charge in [-0.3, -0.25) is 19.0 Å². The smallest absolute Gasteiger partial charge is 0.265 e. The summed E-state index contributed by atoms with van der Waals surface area (Å²) >= 11 is 0. The summed E-state index contributed by atoms with van der Waals surface area (Å²) < 4.78 is 1.54. The molecule has 3 aromatic carbocycles. The van der Waals surface area contributed by atoms with Gasteiger partial charge in [0.25, 0.3) is 17.4 Å². The fourth-order valence-corrected chi connectivity index (χ4v) is 4.37. The number of para-hydroxylation sites is 2. The molecule has 7 heteroatoms. The number of aryl methyl sites for hydroxylation is 1. The monoisotopic (exact) mass is 452 g/mol. The molecule has 0 saturated carbocycles. The Morgan fingerprint density at radius 1 is 0.882 bits per heavy atom. The van der Waals surface area contributed by atoms with Crippen LogP contribution in [0.3, 0.4) is 0 Å². The summed E-state index contributed by atoms with van der Waals surface area (Å²) in [5, 5.41) is 3.41. The highest BCUT2D eigenvalue weighted by atomic mass is 16.2. The zero-order chi connectivity index (χ0) is 23.7. The van der Waals surface area contributed by atoms with Crippen molar-refractivity contribution in [2.75, 3.05) is 18.4 Å². The summed E-state index contributed by atoms with van der Waals surface area (Å²) in [5.41, 5.74) is 2.51. The molecule has 0 aliphatic carbocycles. The number of nitrogens with one attached hydrogen (secondary N) is 1. The van der Waals surface area contributed by atoms with Gasteiger partial charge in [0.2, 0.25) is 0 Å². The molecule has 1 saturated heterocycles. The van der Waals surface area contributed by atoms with Gasteiger partial charge in [-0.05, 0) is 68.3 Å². The topological polar surface area (TPSA) is 84.3 Å². The van der Waals surface area contributed by atoms with E-state index < -0.39 is 0 Å². The van der Waals surface area contributed by atoms with Crippen LogP contribution >= 0.6 is 0 Å². The highest BCUT2D eigenvalue weighted by molar-refractivity contribution is 6.09. The molecule has 1 aliphatic rings. The van der Waals surface area contributed by atoms with Crippen LogP contribution in [0.25, 0.3) is 16.6 Å². The quantitative estimate of drug-likeness (QED) is 0.503. The Kier molecular flexibility index (Phi) is 5.67. The van der Waals surface area contributed by atoms with Gasteiger partial charge in [0.05, 0.1) is 27.8 Å². The number of amides is 2. The van der Waals surface area contributed by atoms with Gasteiger partial charge in [-0.25, -0.2) is 4.98 Å². The molecule has 0 atom stereocenters. The number of nitrogens with zero attached hydrogens (tertiary/aromatic N) is 3. The number of benzene rings is 3. The van der Waals surface area contributed by atoms with Gasteiger partial charge in [0, 0.05) is 18.7 Å². The van der Waals surface area contributed by atoms with E-state index in [1.54, 1.807) is 61.5 Å². The zero-order valence-electron chi connectivity index (χ0n) is 18.8. The number of aromatic nitrogens is 2. The first-order valence-corrected chi connectivity index (χ1v) is 11.3. The average molecular weight is 453 g/mol. The summed E-state index contributed by atoms with van der Waals surface area (Å²) in [4.78, 5) is 45.2. The maximum absolute atomic E-state index is 13.0. The van der Waals surface area contributed by atoms with E-state index in [-0.39, 0.29) is 17.4 Å². The Hall–Kier alpha value is -4.26. The van der Waals surface area contributed by atoms with Crippen LogP contribution in [0.5, 0.6) is 0 Å². The number of carbonyl (C=O) groups is 2. The predicted molar refractivity (Wildman–Crippen MR) is 132 cm³/mol. The lowest BCUT2D eigenvalue weighted by molar-refractivity contribution is 0.0794. The van der Waals surface area contributed by atoms with Crippen molar-refractivity contribution in [1.82, 2.24) is 14.5 Å². The molecule has 5 rings (SSSR count). The molecule has 7 nitrogen and oxygen atoms in total. The van der Waals surface area contributed by atoms with Crippen molar-refractivity contribution in [1.29, 1.82) is 0 Å². The summed E-state index contributed by atoms with van der Waals surface area (Å²) in [7, 11) is 0. The zero-order valence-corrected chi connectivity index (χ0v) is 18.8. The molecule has 0 radical (unpaired) electrons. The molecule has 0 spiro atoms. The Morgan fingerprint density at radius 2 is 1.56 bits per heavy atom. The molecule has 1 aromatic heterocycles. The average Bonchev–Trinajstić information content (AvgIpc) is 3.39. The van der Waals surface area contributed by atoms with Crippen LogP contribution in [0, 0.1) is 6.92 Å². The second-order valence-corrected chi connectivity index (χ2v) is 8.36. The molecule has 170 valence electrons. The van der Waals surface area contributed by atoms with Crippen molar-refractivity contribution < 1.29 is 9.59 Å². The number of hydrogen-bond donors (Lipinski definition) is 1. The second kappa shape index (κ2) is 8.94. The highest BCUT2D eigenvalue weighted by Crippen LogP contribution is 2.21.